The number of nitrogens with zero attached hydrogens (tertiary/aromatic N) is 1. The summed E-state index contributed by atoms with van der Waals surface area (Å²) in [5.74, 6) is -0.866. The molecule has 3 nitrogen and oxygen atoms in total. The molecule has 0 saturated heterocycles. The Labute approximate surface area is 118 Å². The molecule has 0 aliphatic heterocycles. The van der Waals surface area contributed by atoms with E-state index >= 15 is 0 Å². The van der Waals surface area contributed by atoms with Gasteiger partial charge in [-0.2, -0.15) is 4.98 Å². The van der Waals surface area contributed by atoms with Crippen molar-refractivity contribution in [1.82, 2.24) is 4.98 Å². The minimum absolute atomic E-state index is 0.0229. The van der Waals surface area contributed by atoms with Gasteiger partial charge in [-0.25, -0.2) is 8.78 Å². The third kappa shape index (κ3) is 3.81. The van der Waals surface area contributed by atoms with Crippen LogP contribution in [0.3, 0.4) is 0 Å². The molecular formula is C15H22F2N2O. The van der Waals surface area contributed by atoms with Crippen LogP contribution in [0.2, 0.25) is 0 Å². The highest BCUT2D eigenvalue weighted by Gasteiger charge is 2.23. The minimum Gasteiger partial charge on any atom is -0.472 e. The first-order valence-corrected chi connectivity index (χ1v) is 7.36. The predicted octanol–water partition coefficient (Wildman–Crippen LogP) is 4.14. The lowest BCUT2D eigenvalue weighted by molar-refractivity contribution is 0.118. The summed E-state index contributed by atoms with van der Waals surface area (Å²) >= 11 is 0. The molecule has 1 heterocycles. The van der Waals surface area contributed by atoms with E-state index in [-0.39, 0.29) is 17.8 Å². The molecule has 0 amide bonds. The number of anilines is 1. The summed E-state index contributed by atoms with van der Waals surface area (Å²) < 4.78 is 33.0. The zero-order chi connectivity index (χ0) is 14.5. The average Bonchev–Trinajstić information content (AvgIpc) is 2.40. The SMILES string of the molecule is CCCNc1nc(OC2CCCC(C)C2)c(F)cc1F. The van der Waals surface area contributed by atoms with Gasteiger partial charge in [0.1, 0.15) is 6.10 Å². The third-order valence-electron chi connectivity index (χ3n) is 3.61. The molecule has 2 rings (SSSR count). The number of rotatable bonds is 5. The predicted molar refractivity (Wildman–Crippen MR) is 75.0 cm³/mol. The number of pyridine rings is 1. The molecule has 2 atom stereocenters. The lowest BCUT2D eigenvalue weighted by atomic mass is 9.89. The number of nitrogens with one attached hydrogen (secondary N) is 1. The summed E-state index contributed by atoms with van der Waals surface area (Å²) in [6.07, 6.45) is 4.88. The summed E-state index contributed by atoms with van der Waals surface area (Å²) in [5, 5.41) is 2.84. The Morgan fingerprint density at radius 1 is 1.35 bits per heavy atom. The Balaban J connectivity index is 2.09. The zero-order valence-electron chi connectivity index (χ0n) is 12.1. The summed E-state index contributed by atoms with van der Waals surface area (Å²) in [6, 6.07) is 0.840. The van der Waals surface area contributed by atoms with E-state index in [1.807, 2.05) is 6.92 Å². The Kier molecular flexibility index (Phi) is 5.15. The van der Waals surface area contributed by atoms with Crippen molar-refractivity contribution < 1.29 is 13.5 Å². The van der Waals surface area contributed by atoms with Gasteiger partial charge >= 0.3 is 0 Å². The van der Waals surface area contributed by atoms with Crippen LogP contribution in [-0.4, -0.2) is 17.6 Å². The van der Waals surface area contributed by atoms with Crippen molar-refractivity contribution in [2.75, 3.05) is 11.9 Å². The van der Waals surface area contributed by atoms with Crippen LogP contribution in [0, 0.1) is 17.6 Å². The van der Waals surface area contributed by atoms with Gasteiger partial charge in [0.2, 0.25) is 0 Å². The lowest BCUT2D eigenvalue weighted by Crippen LogP contribution is -2.25. The molecule has 1 aliphatic rings. The third-order valence-corrected chi connectivity index (χ3v) is 3.61. The zero-order valence-corrected chi connectivity index (χ0v) is 12.1. The molecule has 1 aromatic heterocycles. The maximum absolute atomic E-state index is 13.7. The van der Waals surface area contributed by atoms with E-state index in [0.29, 0.717) is 12.5 Å². The number of hydrogen-bond donors (Lipinski definition) is 1. The van der Waals surface area contributed by atoms with Crippen molar-refractivity contribution in [2.24, 2.45) is 5.92 Å². The molecule has 1 aromatic rings. The fourth-order valence-corrected chi connectivity index (χ4v) is 2.54. The van der Waals surface area contributed by atoms with Gasteiger partial charge in [0, 0.05) is 12.6 Å². The summed E-state index contributed by atoms with van der Waals surface area (Å²) in [5.41, 5.74) is 0. The smallest absolute Gasteiger partial charge is 0.252 e. The van der Waals surface area contributed by atoms with E-state index in [4.69, 9.17) is 4.74 Å². The first-order chi connectivity index (χ1) is 9.60. The molecule has 2 unspecified atom stereocenters. The largest absolute Gasteiger partial charge is 0.472 e. The van der Waals surface area contributed by atoms with Crippen molar-refractivity contribution in [3.05, 3.63) is 17.7 Å². The molecule has 1 N–H and O–H groups in total. The number of ether oxygens (including phenoxy) is 1. The Hall–Kier alpha value is -1.39. The van der Waals surface area contributed by atoms with Crippen molar-refractivity contribution in [3.8, 4) is 5.88 Å². The highest BCUT2D eigenvalue weighted by Crippen LogP contribution is 2.29. The molecule has 0 aromatic carbocycles. The molecule has 20 heavy (non-hydrogen) atoms. The Bertz CT molecular complexity index is 454. The van der Waals surface area contributed by atoms with Crippen LogP contribution in [0.4, 0.5) is 14.6 Å². The van der Waals surface area contributed by atoms with Gasteiger partial charge < -0.3 is 10.1 Å². The van der Waals surface area contributed by atoms with Crippen LogP contribution in [0.5, 0.6) is 5.88 Å². The molecule has 0 bridgehead atoms. The average molecular weight is 284 g/mol. The standard InChI is InChI=1S/C15H22F2N2O/c1-3-7-18-14-12(16)9-13(17)15(19-14)20-11-6-4-5-10(2)8-11/h9-11H,3-8H2,1-2H3,(H,18,19). The summed E-state index contributed by atoms with van der Waals surface area (Å²) in [7, 11) is 0. The molecule has 1 saturated carbocycles. The maximum Gasteiger partial charge on any atom is 0.252 e. The van der Waals surface area contributed by atoms with Gasteiger partial charge in [0.15, 0.2) is 17.5 Å². The van der Waals surface area contributed by atoms with Crippen molar-refractivity contribution >= 4 is 5.82 Å². The van der Waals surface area contributed by atoms with Crippen LogP contribution >= 0.6 is 0 Å². The minimum atomic E-state index is -0.734. The quantitative estimate of drug-likeness (QED) is 0.882. The normalized spacial score (nSPS) is 22.6. The van der Waals surface area contributed by atoms with Crippen LogP contribution in [0.25, 0.3) is 0 Å². The van der Waals surface area contributed by atoms with Gasteiger partial charge in [0.05, 0.1) is 0 Å². The first-order valence-electron chi connectivity index (χ1n) is 7.36. The second-order valence-corrected chi connectivity index (χ2v) is 5.54. The van der Waals surface area contributed by atoms with Crippen LogP contribution in [-0.2, 0) is 0 Å². The lowest BCUT2D eigenvalue weighted by Gasteiger charge is -2.27. The number of halogens is 2. The second kappa shape index (κ2) is 6.86. The molecule has 5 heteroatoms. The van der Waals surface area contributed by atoms with Gasteiger partial charge in [0.25, 0.3) is 5.88 Å². The van der Waals surface area contributed by atoms with E-state index in [2.05, 4.69) is 17.2 Å². The number of aromatic nitrogens is 1. The van der Waals surface area contributed by atoms with E-state index < -0.39 is 11.6 Å². The maximum atomic E-state index is 13.7. The second-order valence-electron chi connectivity index (χ2n) is 5.54. The topological polar surface area (TPSA) is 34.2 Å². The van der Waals surface area contributed by atoms with E-state index in [9.17, 15) is 8.78 Å². The fraction of sp³-hybridized carbons (Fsp3) is 0.667. The van der Waals surface area contributed by atoms with Gasteiger partial charge in [-0.05, 0) is 31.6 Å². The van der Waals surface area contributed by atoms with Crippen molar-refractivity contribution in [1.29, 1.82) is 0 Å². The van der Waals surface area contributed by atoms with Gasteiger partial charge in [-0.3, -0.25) is 0 Å². The molecule has 0 spiro atoms. The van der Waals surface area contributed by atoms with E-state index in [1.165, 1.54) is 6.42 Å². The highest BCUT2D eigenvalue weighted by molar-refractivity contribution is 5.39. The molecule has 1 fully saturated rings. The van der Waals surface area contributed by atoms with Gasteiger partial charge in [-0.15, -0.1) is 0 Å². The summed E-state index contributed by atoms with van der Waals surface area (Å²) in [4.78, 5) is 3.95. The first kappa shape index (κ1) is 15.0. The fourth-order valence-electron chi connectivity index (χ4n) is 2.54. The Morgan fingerprint density at radius 3 is 2.85 bits per heavy atom. The Morgan fingerprint density at radius 2 is 2.15 bits per heavy atom. The van der Waals surface area contributed by atoms with E-state index in [0.717, 1.165) is 31.7 Å². The number of hydrogen-bond acceptors (Lipinski definition) is 3. The van der Waals surface area contributed by atoms with Crippen molar-refractivity contribution in [3.63, 3.8) is 0 Å². The van der Waals surface area contributed by atoms with Crippen LogP contribution in [0.15, 0.2) is 6.07 Å². The van der Waals surface area contributed by atoms with Gasteiger partial charge in [-0.1, -0.05) is 20.3 Å². The van der Waals surface area contributed by atoms with Crippen molar-refractivity contribution in [2.45, 2.75) is 52.1 Å². The summed E-state index contributed by atoms with van der Waals surface area (Å²) in [6.45, 7) is 4.73. The molecule has 0 radical (unpaired) electrons. The van der Waals surface area contributed by atoms with Crippen LogP contribution in [0.1, 0.15) is 46.0 Å². The molecule has 1 aliphatic carbocycles. The van der Waals surface area contributed by atoms with Crippen LogP contribution < -0.4 is 10.1 Å². The molecule has 112 valence electrons. The monoisotopic (exact) mass is 284 g/mol. The van der Waals surface area contributed by atoms with E-state index in [1.54, 1.807) is 0 Å². The highest BCUT2D eigenvalue weighted by atomic mass is 19.1. The molecular weight excluding hydrogens is 262 g/mol.